The number of rotatable bonds is 0. The van der Waals surface area contributed by atoms with Crippen LogP contribution in [0.1, 0.15) is 17.5 Å². The molecule has 3 unspecified atom stereocenters. The first-order valence-electron chi connectivity index (χ1n) is 8.23. The largest absolute Gasteiger partial charge is 0.459 e. The van der Waals surface area contributed by atoms with Crippen LogP contribution in [0.3, 0.4) is 0 Å². The maximum Gasteiger partial charge on any atom is 0.336 e. The van der Waals surface area contributed by atoms with Crippen molar-refractivity contribution in [2.45, 2.75) is 12.3 Å². The maximum absolute atomic E-state index is 11.8. The van der Waals surface area contributed by atoms with E-state index in [9.17, 15) is 15.0 Å². The third-order valence-corrected chi connectivity index (χ3v) is 5.04. The normalized spacial score (nSPS) is 27.7. The Hall–Kier alpha value is -2.70. The van der Waals surface area contributed by atoms with Crippen LogP contribution in [0.15, 0.2) is 48.1 Å². The van der Waals surface area contributed by atoms with Crippen molar-refractivity contribution in [2.75, 3.05) is 13.2 Å². The summed E-state index contributed by atoms with van der Waals surface area (Å²) < 4.78 is 5.10. The molecule has 0 aliphatic carbocycles. The molecule has 0 spiro atoms. The highest BCUT2D eigenvalue weighted by atomic mass is 16.5. The molecule has 0 fully saturated rings. The Kier molecular flexibility index (Phi) is 3.01. The molecule has 5 rings (SSSR count). The number of nitrogens with zero attached hydrogens (tertiary/aromatic N) is 2. The van der Waals surface area contributed by atoms with Crippen molar-refractivity contribution in [3.05, 3.63) is 59.3 Å². The number of ether oxygens (including phenoxy) is 1. The van der Waals surface area contributed by atoms with E-state index in [1.165, 1.54) is 0 Å². The molecule has 126 valence electrons. The number of aromatic nitrogens is 1. The zero-order valence-electron chi connectivity index (χ0n) is 13.3. The molecule has 25 heavy (non-hydrogen) atoms. The lowest BCUT2D eigenvalue weighted by Crippen LogP contribution is -2.30. The molecule has 3 aliphatic heterocycles. The second kappa shape index (κ2) is 5.15. The third kappa shape index (κ3) is 2.11. The van der Waals surface area contributed by atoms with E-state index in [1.807, 2.05) is 41.3 Å². The van der Waals surface area contributed by atoms with Crippen LogP contribution in [0.2, 0.25) is 0 Å². The molecule has 4 heterocycles. The van der Waals surface area contributed by atoms with Crippen molar-refractivity contribution < 1.29 is 19.7 Å². The van der Waals surface area contributed by atoms with E-state index in [1.54, 1.807) is 6.08 Å². The van der Waals surface area contributed by atoms with E-state index in [0.29, 0.717) is 12.2 Å². The summed E-state index contributed by atoms with van der Waals surface area (Å²) in [7, 11) is 0. The number of benzene rings is 1. The number of carbonyl (C=O) groups is 1. The van der Waals surface area contributed by atoms with Gasteiger partial charge in [0, 0.05) is 23.4 Å². The Labute approximate surface area is 143 Å². The fraction of sp³-hybridized carbons (Fsp3) is 0.263. The van der Waals surface area contributed by atoms with Gasteiger partial charge in [-0.15, -0.1) is 0 Å². The third-order valence-electron chi connectivity index (χ3n) is 5.04. The summed E-state index contributed by atoms with van der Waals surface area (Å²) in [6.45, 7) is 0.554. The molecule has 1 aromatic heterocycles. The lowest BCUT2D eigenvalue weighted by Gasteiger charge is -2.25. The molecule has 0 saturated heterocycles. The molecule has 3 aliphatic rings. The van der Waals surface area contributed by atoms with Crippen molar-refractivity contribution in [3.63, 3.8) is 0 Å². The summed E-state index contributed by atoms with van der Waals surface area (Å²) in [5, 5.41) is 22.0. The van der Waals surface area contributed by atoms with Gasteiger partial charge in [0.1, 0.15) is 6.61 Å². The van der Waals surface area contributed by atoms with Gasteiger partial charge >= 0.3 is 5.97 Å². The SMILES string of the molecule is O=C1OCC2=CC(C=C3c4nc5ccccc5cc4C(O)N3C2)C1O. The van der Waals surface area contributed by atoms with Crippen LogP contribution in [0, 0.1) is 5.92 Å². The second-order valence-corrected chi connectivity index (χ2v) is 6.63. The number of aliphatic hydroxyl groups is 2. The number of fused-ring (bicyclic) bond motifs is 5. The predicted molar refractivity (Wildman–Crippen MR) is 89.9 cm³/mol. The number of carbonyl (C=O) groups excluding carboxylic acids is 1. The molecule has 6 heteroatoms. The van der Waals surface area contributed by atoms with Gasteiger partial charge < -0.3 is 19.8 Å². The van der Waals surface area contributed by atoms with E-state index >= 15 is 0 Å². The highest BCUT2D eigenvalue weighted by molar-refractivity contribution is 5.85. The number of cyclic esters (lactones) is 1. The van der Waals surface area contributed by atoms with Crippen LogP contribution in [0.4, 0.5) is 0 Å². The minimum Gasteiger partial charge on any atom is -0.459 e. The quantitative estimate of drug-likeness (QED) is 0.558. The number of para-hydroxylation sites is 1. The fourth-order valence-corrected chi connectivity index (χ4v) is 3.77. The molecule has 1 aromatic carbocycles. The first-order valence-corrected chi connectivity index (χ1v) is 8.23. The van der Waals surface area contributed by atoms with E-state index in [4.69, 9.17) is 9.72 Å². The Morgan fingerprint density at radius 3 is 2.92 bits per heavy atom. The van der Waals surface area contributed by atoms with Gasteiger partial charge in [0.05, 0.1) is 16.9 Å². The highest BCUT2D eigenvalue weighted by Crippen LogP contribution is 2.43. The summed E-state index contributed by atoms with van der Waals surface area (Å²) in [5.74, 6) is -1.11. The fourth-order valence-electron chi connectivity index (χ4n) is 3.77. The zero-order valence-corrected chi connectivity index (χ0v) is 13.3. The molecular weight excluding hydrogens is 320 g/mol. The van der Waals surface area contributed by atoms with Crippen LogP contribution < -0.4 is 0 Å². The number of aliphatic hydroxyl groups excluding tert-OH is 2. The van der Waals surface area contributed by atoms with Crippen LogP contribution in [0.25, 0.3) is 16.6 Å². The van der Waals surface area contributed by atoms with Crippen LogP contribution >= 0.6 is 0 Å². The van der Waals surface area contributed by atoms with E-state index in [-0.39, 0.29) is 6.61 Å². The van der Waals surface area contributed by atoms with E-state index in [0.717, 1.165) is 27.7 Å². The van der Waals surface area contributed by atoms with Crippen LogP contribution in [-0.2, 0) is 9.53 Å². The molecule has 2 bridgehead atoms. The van der Waals surface area contributed by atoms with Crippen molar-refractivity contribution >= 4 is 22.6 Å². The second-order valence-electron chi connectivity index (χ2n) is 6.63. The monoisotopic (exact) mass is 336 g/mol. The molecule has 2 aromatic rings. The van der Waals surface area contributed by atoms with Gasteiger partial charge in [0.15, 0.2) is 12.3 Å². The number of esters is 1. The molecule has 3 atom stereocenters. The maximum atomic E-state index is 11.8. The molecular formula is C19H16N2O4. The lowest BCUT2D eigenvalue weighted by molar-refractivity contribution is -0.153. The van der Waals surface area contributed by atoms with Crippen LogP contribution in [-0.4, -0.2) is 45.3 Å². The number of hydrogen-bond donors (Lipinski definition) is 2. The summed E-state index contributed by atoms with van der Waals surface area (Å²) in [4.78, 5) is 18.4. The van der Waals surface area contributed by atoms with Crippen molar-refractivity contribution in [2.24, 2.45) is 5.92 Å². The molecule has 6 nitrogen and oxygen atoms in total. The molecule has 0 amide bonds. The first-order chi connectivity index (χ1) is 12.1. The Balaban J connectivity index is 1.69. The standard InChI is InChI=1S/C19H16N2O4/c22-17-12-5-10(9-25-19(17)24)8-21-15(7-12)16-13(18(21)23)6-11-3-1-2-4-14(11)20-16/h1-7,12,17-18,22-23H,8-9H2. The van der Waals surface area contributed by atoms with Gasteiger partial charge in [0.25, 0.3) is 0 Å². The summed E-state index contributed by atoms with van der Waals surface area (Å²) in [6, 6.07) is 9.71. The van der Waals surface area contributed by atoms with Gasteiger partial charge in [-0.05, 0) is 23.8 Å². The summed E-state index contributed by atoms with van der Waals surface area (Å²) in [6.07, 6.45) is 1.61. The van der Waals surface area contributed by atoms with Crippen molar-refractivity contribution in [1.82, 2.24) is 9.88 Å². The Bertz CT molecular complexity index is 965. The van der Waals surface area contributed by atoms with Gasteiger partial charge in [-0.25, -0.2) is 9.78 Å². The average Bonchev–Trinajstić information content (AvgIpc) is 2.77. The Morgan fingerprint density at radius 1 is 1.20 bits per heavy atom. The molecule has 2 N–H and O–H groups in total. The van der Waals surface area contributed by atoms with E-state index in [2.05, 4.69) is 0 Å². The Morgan fingerprint density at radius 2 is 2.04 bits per heavy atom. The van der Waals surface area contributed by atoms with Crippen molar-refractivity contribution in [1.29, 1.82) is 0 Å². The molecule has 0 radical (unpaired) electrons. The van der Waals surface area contributed by atoms with E-state index < -0.39 is 24.2 Å². The minimum atomic E-state index is -1.24. The minimum absolute atomic E-state index is 0.127. The number of hydrogen-bond acceptors (Lipinski definition) is 6. The van der Waals surface area contributed by atoms with Crippen LogP contribution in [0.5, 0.6) is 0 Å². The summed E-state index contributed by atoms with van der Waals surface area (Å²) >= 11 is 0. The highest BCUT2D eigenvalue weighted by Gasteiger charge is 2.39. The predicted octanol–water partition coefficient (Wildman–Crippen LogP) is 1.36. The lowest BCUT2D eigenvalue weighted by atomic mass is 9.99. The van der Waals surface area contributed by atoms with Gasteiger partial charge in [-0.2, -0.15) is 0 Å². The topological polar surface area (TPSA) is 82.9 Å². The summed E-state index contributed by atoms with van der Waals surface area (Å²) in [5.41, 5.74) is 3.89. The number of pyridine rings is 1. The van der Waals surface area contributed by atoms with Gasteiger partial charge in [-0.3, -0.25) is 0 Å². The first kappa shape index (κ1) is 14.6. The zero-order chi connectivity index (χ0) is 17.1. The van der Waals surface area contributed by atoms with Gasteiger partial charge in [-0.1, -0.05) is 24.3 Å². The van der Waals surface area contributed by atoms with Gasteiger partial charge in [0.2, 0.25) is 0 Å². The molecule has 0 saturated carbocycles. The van der Waals surface area contributed by atoms with Crippen molar-refractivity contribution in [3.8, 4) is 0 Å². The average molecular weight is 336 g/mol. The smallest absolute Gasteiger partial charge is 0.336 e.